The zero-order chi connectivity index (χ0) is 20.1. The van der Waals surface area contributed by atoms with Gasteiger partial charge in [0.2, 0.25) is 0 Å². The molecule has 144 valence electrons. The highest BCUT2D eigenvalue weighted by Gasteiger charge is 2.30. The Balaban J connectivity index is 2.60. The van der Waals surface area contributed by atoms with E-state index in [1.165, 1.54) is 32.0 Å². The van der Waals surface area contributed by atoms with Crippen LogP contribution in [0, 0.1) is 12.7 Å². The fourth-order valence-electron chi connectivity index (χ4n) is 2.62. The Hall–Kier alpha value is -3.00. The lowest BCUT2D eigenvalue weighted by Crippen LogP contribution is -2.36. The molecule has 1 atom stereocenters. The maximum atomic E-state index is 14.4. The first-order valence-corrected chi connectivity index (χ1v) is 8.43. The third-order valence-electron chi connectivity index (χ3n) is 3.80. The van der Waals surface area contributed by atoms with Gasteiger partial charge in [0.05, 0.1) is 18.3 Å². The van der Waals surface area contributed by atoms with Crippen molar-refractivity contribution in [1.29, 1.82) is 0 Å². The van der Waals surface area contributed by atoms with Gasteiger partial charge in [0.1, 0.15) is 11.5 Å². The van der Waals surface area contributed by atoms with Crippen LogP contribution >= 0.6 is 0 Å². The van der Waals surface area contributed by atoms with Crippen molar-refractivity contribution in [2.24, 2.45) is 0 Å². The number of hydrogen-bond acceptors (Lipinski definition) is 5. The number of aromatic amines is 1. The number of ketones is 1. The first-order valence-electron chi connectivity index (χ1n) is 8.43. The molecule has 2 aromatic rings. The fraction of sp³-hybridized carbons (Fsp3) is 0.316. The molecule has 1 heterocycles. The van der Waals surface area contributed by atoms with E-state index in [2.05, 4.69) is 10.3 Å². The highest BCUT2D eigenvalue weighted by molar-refractivity contribution is 6.43. The molecule has 1 amide bonds. The van der Waals surface area contributed by atoms with Crippen molar-refractivity contribution in [3.8, 4) is 11.1 Å². The van der Waals surface area contributed by atoms with Crippen LogP contribution in [-0.2, 0) is 9.53 Å². The van der Waals surface area contributed by atoms with Gasteiger partial charge in [0, 0.05) is 23.4 Å². The molecular weight excluding hydrogens is 355 g/mol. The maximum Gasteiger partial charge on any atom is 0.340 e. The number of carbonyl (C=O) groups is 3. The molecule has 0 saturated heterocycles. The highest BCUT2D eigenvalue weighted by atomic mass is 19.1. The van der Waals surface area contributed by atoms with E-state index >= 15 is 0 Å². The summed E-state index contributed by atoms with van der Waals surface area (Å²) in [5.74, 6) is -3.34. The molecule has 27 heavy (non-hydrogen) atoms. The van der Waals surface area contributed by atoms with E-state index in [-0.39, 0.29) is 41.2 Å². The van der Waals surface area contributed by atoms with Gasteiger partial charge < -0.3 is 20.1 Å². The standard InChI is InChI=1S/C19H21FN2O5/c1-4-27-19(26)14-11(3)22-16(17(24)18(25)21-9-10(2)23)15(14)12-7-5-6-8-13(12)20/h5-8,10,22-23H,4,9H2,1-3H3,(H,21,25)/t10-/m0/s1. The van der Waals surface area contributed by atoms with Gasteiger partial charge >= 0.3 is 5.97 Å². The summed E-state index contributed by atoms with van der Waals surface area (Å²) >= 11 is 0. The molecule has 0 spiro atoms. The van der Waals surface area contributed by atoms with Crippen LogP contribution in [0.2, 0.25) is 0 Å². The molecule has 8 heteroatoms. The van der Waals surface area contributed by atoms with Crippen molar-refractivity contribution < 1.29 is 28.6 Å². The second kappa shape index (κ2) is 8.59. The van der Waals surface area contributed by atoms with Gasteiger partial charge in [-0.25, -0.2) is 9.18 Å². The zero-order valence-electron chi connectivity index (χ0n) is 15.3. The number of esters is 1. The highest BCUT2D eigenvalue weighted by Crippen LogP contribution is 2.33. The van der Waals surface area contributed by atoms with Gasteiger partial charge in [0.15, 0.2) is 0 Å². The third-order valence-corrected chi connectivity index (χ3v) is 3.80. The number of ether oxygens (including phenoxy) is 1. The van der Waals surface area contributed by atoms with E-state index in [1.807, 2.05) is 0 Å². The third kappa shape index (κ3) is 4.40. The van der Waals surface area contributed by atoms with Gasteiger partial charge in [-0.3, -0.25) is 9.59 Å². The summed E-state index contributed by atoms with van der Waals surface area (Å²) in [6.45, 7) is 4.58. The number of aliphatic hydroxyl groups is 1. The molecule has 0 aliphatic rings. The SMILES string of the molecule is CCOC(=O)c1c(C)[nH]c(C(=O)C(=O)NC[C@H](C)O)c1-c1ccccc1F. The van der Waals surface area contributed by atoms with Crippen LogP contribution < -0.4 is 5.32 Å². The predicted octanol–water partition coefficient (Wildman–Crippen LogP) is 1.99. The second-order valence-electron chi connectivity index (χ2n) is 5.96. The van der Waals surface area contributed by atoms with E-state index in [0.717, 1.165) is 0 Å². The number of aliphatic hydroxyl groups excluding tert-OH is 1. The summed E-state index contributed by atoms with van der Waals surface area (Å²) in [4.78, 5) is 39.8. The maximum absolute atomic E-state index is 14.4. The molecular formula is C19H21FN2O5. The van der Waals surface area contributed by atoms with E-state index in [9.17, 15) is 23.9 Å². The van der Waals surface area contributed by atoms with E-state index in [1.54, 1.807) is 13.0 Å². The van der Waals surface area contributed by atoms with Crippen LogP contribution in [-0.4, -0.2) is 47.0 Å². The number of aromatic nitrogens is 1. The van der Waals surface area contributed by atoms with Crippen molar-refractivity contribution in [2.75, 3.05) is 13.2 Å². The number of carbonyl (C=O) groups excluding carboxylic acids is 3. The van der Waals surface area contributed by atoms with Crippen LogP contribution in [0.15, 0.2) is 24.3 Å². The Bertz CT molecular complexity index is 873. The number of Topliss-reactive ketones (excluding diaryl/α,β-unsaturated/α-hetero) is 1. The van der Waals surface area contributed by atoms with Crippen molar-refractivity contribution in [2.45, 2.75) is 26.9 Å². The smallest absolute Gasteiger partial charge is 0.340 e. The molecule has 0 fully saturated rings. The molecule has 0 radical (unpaired) electrons. The molecule has 2 rings (SSSR count). The lowest BCUT2D eigenvalue weighted by atomic mass is 9.97. The Morgan fingerprint density at radius 3 is 2.56 bits per heavy atom. The number of amides is 1. The zero-order valence-corrected chi connectivity index (χ0v) is 15.3. The molecule has 0 unspecified atom stereocenters. The molecule has 3 N–H and O–H groups in total. The summed E-state index contributed by atoms with van der Waals surface area (Å²) in [5.41, 5.74) is 0.0218. The first-order chi connectivity index (χ1) is 12.8. The van der Waals surface area contributed by atoms with E-state index in [0.29, 0.717) is 0 Å². The minimum Gasteiger partial charge on any atom is -0.462 e. The summed E-state index contributed by atoms with van der Waals surface area (Å²) in [6.07, 6.45) is -0.840. The van der Waals surface area contributed by atoms with Crippen LogP contribution in [0.1, 0.15) is 40.4 Å². The van der Waals surface area contributed by atoms with Gasteiger partial charge in [-0.15, -0.1) is 0 Å². The van der Waals surface area contributed by atoms with Crippen LogP contribution in [0.5, 0.6) is 0 Å². The van der Waals surface area contributed by atoms with E-state index < -0.39 is 29.6 Å². The predicted molar refractivity (Wildman–Crippen MR) is 95.9 cm³/mol. The molecule has 7 nitrogen and oxygen atoms in total. The van der Waals surface area contributed by atoms with Gasteiger partial charge in [-0.1, -0.05) is 18.2 Å². The normalized spacial score (nSPS) is 11.7. The molecule has 0 bridgehead atoms. The Labute approximate surface area is 155 Å². The van der Waals surface area contributed by atoms with Crippen molar-refractivity contribution in [3.05, 3.63) is 47.0 Å². The number of rotatable bonds is 7. The van der Waals surface area contributed by atoms with Crippen molar-refractivity contribution in [1.82, 2.24) is 10.3 Å². The second-order valence-corrected chi connectivity index (χ2v) is 5.96. The number of H-pyrrole nitrogens is 1. The number of aryl methyl sites for hydroxylation is 1. The largest absolute Gasteiger partial charge is 0.462 e. The molecule has 0 aliphatic heterocycles. The summed E-state index contributed by atoms with van der Waals surface area (Å²) in [5, 5.41) is 11.5. The Kier molecular flexibility index (Phi) is 6.46. The molecule has 0 aliphatic carbocycles. The molecule has 1 aromatic carbocycles. The number of halogens is 1. The lowest BCUT2D eigenvalue weighted by Gasteiger charge is -2.09. The lowest BCUT2D eigenvalue weighted by molar-refractivity contribution is -0.117. The first kappa shape index (κ1) is 20.3. The Morgan fingerprint density at radius 2 is 1.96 bits per heavy atom. The minimum atomic E-state index is -0.981. The van der Waals surface area contributed by atoms with Crippen molar-refractivity contribution in [3.63, 3.8) is 0 Å². The summed E-state index contributed by atoms with van der Waals surface area (Å²) < 4.78 is 19.4. The van der Waals surface area contributed by atoms with Crippen LogP contribution in [0.3, 0.4) is 0 Å². The van der Waals surface area contributed by atoms with E-state index in [4.69, 9.17) is 4.74 Å². The number of benzene rings is 1. The van der Waals surface area contributed by atoms with Crippen LogP contribution in [0.25, 0.3) is 11.1 Å². The average Bonchev–Trinajstić information content (AvgIpc) is 2.96. The fourth-order valence-corrected chi connectivity index (χ4v) is 2.62. The summed E-state index contributed by atoms with van der Waals surface area (Å²) in [7, 11) is 0. The minimum absolute atomic E-state index is 0.00317. The summed E-state index contributed by atoms with van der Waals surface area (Å²) in [6, 6.07) is 5.62. The van der Waals surface area contributed by atoms with Gasteiger partial charge in [0.25, 0.3) is 11.7 Å². The van der Waals surface area contributed by atoms with Gasteiger partial charge in [-0.05, 0) is 26.8 Å². The number of nitrogens with one attached hydrogen (secondary N) is 2. The number of hydrogen-bond donors (Lipinski definition) is 3. The quantitative estimate of drug-likeness (QED) is 0.389. The van der Waals surface area contributed by atoms with Crippen molar-refractivity contribution >= 4 is 17.7 Å². The molecule has 0 saturated carbocycles. The Morgan fingerprint density at radius 1 is 1.30 bits per heavy atom. The molecule has 1 aromatic heterocycles. The topological polar surface area (TPSA) is 108 Å². The van der Waals surface area contributed by atoms with Crippen LogP contribution in [0.4, 0.5) is 4.39 Å². The average molecular weight is 376 g/mol. The van der Waals surface area contributed by atoms with Gasteiger partial charge in [-0.2, -0.15) is 0 Å². The monoisotopic (exact) mass is 376 g/mol.